The molecule has 0 aliphatic carbocycles. The van der Waals surface area contributed by atoms with Gasteiger partial charge in [-0.2, -0.15) is 0 Å². The van der Waals surface area contributed by atoms with Crippen LogP contribution in [0.15, 0.2) is 0 Å². The topological polar surface area (TPSA) is 74.6 Å². The predicted octanol–water partition coefficient (Wildman–Crippen LogP) is 4.33. The van der Waals surface area contributed by atoms with E-state index in [2.05, 4.69) is 0 Å². The van der Waals surface area contributed by atoms with E-state index >= 15 is 0 Å². The molecule has 0 aromatic carbocycles. The maximum Gasteiger partial charge on any atom is 0.306 e. The average molecular weight is 286 g/mol. The van der Waals surface area contributed by atoms with Gasteiger partial charge in [0.05, 0.1) is 11.8 Å². The van der Waals surface area contributed by atoms with Crippen LogP contribution in [0, 0.1) is 11.8 Å². The quantitative estimate of drug-likeness (QED) is 0.494. The summed E-state index contributed by atoms with van der Waals surface area (Å²) >= 11 is 0. The largest absolute Gasteiger partial charge is 0.481 e. The van der Waals surface area contributed by atoms with Gasteiger partial charge in [0.2, 0.25) is 0 Å². The lowest BCUT2D eigenvalue weighted by molar-refractivity contribution is -0.142. The molecule has 4 nitrogen and oxygen atoms in total. The maximum atomic E-state index is 10.6. The maximum absolute atomic E-state index is 10.6. The Kier molecular flexibility index (Phi) is 11.1. The van der Waals surface area contributed by atoms with E-state index < -0.39 is 11.9 Å². The Labute approximate surface area is 122 Å². The summed E-state index contributed by atoms with van der Waals surface area (Å²) in [5.41, 5.74) is 0. The highest BCUT2D eigenvalue weighted by molar-refractivity contribution is 5.69. The Morgan fingerprint density at radius 1 is 0.650 bits per heavy atom. The van der Waals surface area contributed by atoms with Crippen molar-refractivity contribution in [2.24, 2.45) is 11.8 Å². The van der Waals surface area contributed by atoms with E-state index in [0.717, 1.165) is 38.5 Å². The summed E-state index contributed by atoms with van der Waals surface area (Å²) in [6, 6.07) is 0. The Balaban J connectivity index is 3.21. The third-order valence-corrected chi connectivity index (χ3v) is 3.87. The van der Waals surface area contributed by atoms with Crippen molar-refractivity contribution in [2.75, 3.05) is 0 Å². The number of unbranched alkanes of at least 4 members (excludes halogenated alkanes) is 7. The van der Waals surface area contributed by atoms with Gasteiger partial charge in [-0.15, -0.1) is 0 Å². The fourth-order valence-electron chi connectivity index (χ4n) is 2.21. The van der Waals surface area contributed by atoms with Crippen LogP contribution in [0.5, 0.6) is 0 Å². The van der Waals surface area contributed by atoms with Crippen LogP contribution in [0.2, 0.25) is 0 Å². The molecule has 0 fully saturated rings. The number of rotatable bonds is 13. The summed E-state index contributed by atoms with van der Waals surface area (Å²) in [7, 11) is 0. The van der Waals surface area contributed by atoms with Gasteiger partial charge >= 0.3 is 11.9 Å². The fraction of sp³-hybridized carbons (Fsp3) is 0.875. The molecule has 0 aromatic rings. The molecule has 0 saturated heterocycles. The van der Waals surface area contributed by atoms with Crippen molar-refractivity contribution in [3.63, 3.8) is 0 Å². The predicted molar refractivity (Wildman–Crippen MR) is 79.8 cm³/mol. The summed E-state index contributed by atoms with van der Waals surface area (Å²) < 4.78 is 0. The SMILES string of the molecule is C[C@H](CCCCCCCCCC[C@H](C)C(=O)O)C(=O)O. The Morgan fingerprint density at radius 3 is 1.15 bits per heavy atom. The average Bonchev–Trinajstić information content (AvgIpc) is 2.39. The van der Waals surface area contributed by atoms with Crippen molar-refractivity contribution in [1.82, 2.24) is 0 Å². The molecule has 0 heterocycles. The zero-order valence-electron chi connectivity index (χ0n) is 12.9. The highest BCUT2D eigenvalue weighted by Gasteiger charge is 2.10. The van der Waals surface area contributed by atoms with Crippen molar-refractivity contribution < 1.29 is 19.8 Å². The summed E-state index contributed by atoms with van der Waals surface area (Å²) in [5.74, 6) is -1.82. The molecule has 0 amide bonds. The molecule has 4 heteroatoms. The number of aliphatic carboxylic acids is 2. The van der Waals surface area contributed by atoms with Gasteiger partial charge in [0.15, 0.2) is 0 Å². The number of carboxylic acid groups (broad SMARTS) is 2. The van der Waals surface area contributed by atoms with Crippen molar-refractivity contribution in [2.45, 2.75) is 78.1 Å². The van der Waals surface area contributed by atoms with Gasteiger partial charge in [0, 0.05) is 0 Å². The second-order valence-electron chi connectivity index (χ2n) is 5.88. The third-order valence-electron chi connectivity index (χ3n) is 3.87. The highest BCUT2D eigenvalue weighted by atomic mass is 16.4. The van der Waals surface area contributed by atoms with Crippen molar-refractivity contribution in [3.8, 4) is 0 Å². The minimum Gasteiger partial charge on any atom is -0.481 e. The molecule has 0 spiro atoms. The van der Waals surface area contributed by atoms with Crippen LogP contribution in [-0.4, -0.2) is 22.2 Å². The zero-order valence-corrected chi connectivity index (χ0v) is 12.9. The van der Waals surface area contributed by atoms with Gasteiger partial charge in [-0.25, -0.2) is 0 Å². The first-order chi connectivity index (χ1) is 9.45. The van der Waals surface area contributed by atoms with Gasteiger partial charge in [-0.1, -0.05) is 65.2 Å². The minimum atomic E-state index is -0.694. The highest BCUT2D eigenvalue weighted by Crippen LogP contribution is 2.15. The van der Waals surface area contributed by atoms with E-state index in [1.807, 2.05) is 0 Å². The van der Waals surface area contributed by atoms with Crippen LogP contribution < -0.4 is 0 Å². The number of carboxylic acids is 2. The summed E-state index contributed by atoms with van der Waals surface area (Å²) in [4.78, 5) is 21.2. The number of carbonyl (C=O) groups is 2. The lowest BCUT2D eigenvalue weighted by Gasteiger charge is -2.06. The van der Waals surface area contributed by atoms with Crippen LogP contribution >= 0.6 is 0 Å². The van der Waals surface area contributed by atoms with E-state index in [1.54, 1.807) is 13.8 Å². The van der Waals surface area contributed by atoms with E-state index in [9.17, 15) is 9.59 Å². The van der Waals surface area contributed by atoms with Crippen molar-refractivity contribution in [1.29, 1.82) is 0 Å². The normalized spacial score (nSPS) is 13.9. The van der Waals surface area contributed by atoms with Crippen LogP contribution in [0.4, 0.5) is 0 Å². The van der Waals surface area contributed by atoms with Gasteiger partial charge < -0.3 is 10.2 Å². The first-order valence-electron chi connectivity index (χ1n) is 7.90. The first kappa shape index (κ1) is 18.9. The second-order valence-corrected chi connectivity index (χ2v) is 5.88. The molecule has 0 radical (unpaired) electrons. The number of hydrogen-bond acceptors (Lipinski definition) is 2. The molecule has 118 valence electrons. The molecular formula is C16H30O4. The standard InChI is InChI=1S/C16H30O4/c1-13(15(17)18)11-9-7-5-3-4-6-8-10-12-14(2)16(19)20/h13-14H,3-12H2,1-2H3,(H,17,18)(H,19,20)/t13-,14+. The molecule has 0 aliphatic heterocycles. The van der Waals surface area contributed by atoms with E-state index in [-0.39, 0.29) is 11.8 Å². The van der Waals surface area contributed by atoms with Crippen LogP contribution in [0.3, 0.4) is 0 Å². The Bertz CT molecular complexity index is 248. The molecule has 20 heavy (non-hydrogen) atoms. The Hall–Kier alpha value is -1.06. The van der Waals surface area contributed by atoms with Crippen LogP contribution in [0.1, 0.15) is 78.1 Å². The van der Waals surface area contributed by atoms with E-state index in [4.69, 9.17) is 10.2 Å². The van der Waals surface area contributed by atoms with Gasteiger partial charge in [0.25, 0.3) is 0 Å². The van der Waals surface area contributed by atoms with Gasteiger partial charge in [-0.3, -0.25) is 9.59 Å². The zero-order chi connectivity index (χ0) is 15.4. The monoisotopic (exact) mass is 286 g/mol. The Morgan fingerprint density at radius 2 is 0.900 bits per heavy atom. The van der Waals surface area contributed by atoms with Crippen molar-refractivity contribution in [3.05, 3.63) is 0 Å². The van der Waals surface area contributed by atoms with Crippen molar-refractivity contribution >= 4 is 11.9 Å². The summed E-state index contributed by atoms with van der Waals surface area (Å²) in [6.07, 6.45) is 10.6. The van der Waals surface area contributed by atoms with Crippen LogP contribution in [0.25, 0.3) is 0 Å². The summed E-state index contributed by atoms with van der Waals surface area (Å²) in [5, 5.41) is 17.5. The van der Waals surface area contributed by atoms with E-state index in [0.29, 0.717) is 0 Å². The fourth-order valence-corrected chi connectivity index (χ4v) is 2.21. The molecule has 2 atom stereocenters. The van der Waals surface area contributed by atoms with E-state index in [1.165, 1.54) is 25.7 Å². The molecule has 0 bridgehead atoms. The lowest BCUT2D eigenvalue weighted by Crippen LogP contribution is -2.08. The molecule has 0 aromatic heterocycles. The molecule has 0 unspecified atom stereocenters. The first-order valence-corrected chi connectivity index (χ1v) is 7.90. The summed E-state index contributed by atoms with van der Waals surface area (Å²) in [6.45, 7) is 3.53. The number of hydrogen-bond donors (Lipinski definition) is 2. The molecule has 2 N–H and O–H groups in total. The van der Waals surface area contributed by atoms with Gasteiger partial charge in [-0.05, 0) is 12.8 Å². The second kappa shape index (κ2) is 11.7. The smallest absolute Gasteiger partial charge is 0.306 e. The third kappa shape index (κ3) is 10.8. The molecule has 0 aliphatic rings. The minimum absolute atomic E-state index is 0.216. The lowest BCUT2D eigenvalue weighted by atomic mass is 10.0. The van der Waals surface area contributed by atoms with Crippen LogP contribution in [-0.2, 0) is 9.59 Å². The molecule has 0 rings (SSSR count). The van der Waals surface area contributed by atoms with Gasteiger partial charge in [0.1, 0.15) is 0 Å². The molecular weight excluding hydrogens is 256 g/mol. The molecule has 0 saturated carbocycles.